The molecule has 0 atom stereocenters. The quantitative estimate of drug-likeness (QED) is 0.247. The highest BCUT2D eigenvalue weighted by Gasteiger charge is 2.11. The molecule has 6 aromatic rings. The first-order chi connectivity index (χ1) is 13.3. The number of aryl methyl sites for hydroxylation is 1. The summed E-state index contributed by atoms with van der Waals surface area (Å²) in [6.07, 6.45) is 0. The summed E-state index contributed by atoms with van der Waals surface area (Å²) in [5.74, 6) is 0. The standard InChI is InChI=1S/C27H18/c1-17-16-20-7-3-5-9-23(20)27-21(17)13-11-19-12-14-24-22-8-4-2-6-18(22)10-15-25(24)26(19)27/h2-16H,1H3. The minimum absolute atomic E-state index is 1.30. The molecule has 0 amide bonds. The molecule has 6 rings (SSSR count). The minimum atomic E-state index is 1.30. The zero-order chi connectivity index (χ0) is 18.0. The first-order valence-corrected chi connectivity index (χ1v) is 9.46. The SMILES string of the molecule is Cc1cc2ccccc2c2c1ccc1ccc3c4ccccc4ccc3c12. The van der Waals surface area contributed by atoms with Gasteiger partial charge in [-0.1, -0.05) is 91.0 Å². The second-order valence-corrected chi connectivity index (χ2v) is 7.45. The largest absolute Gasteiger partial charge is 0.0616 e. The summed E-state index contributed by atoms with van der Waals surface area (Å²) in [6.45, 7) is 2.22. The molecule has 0 nitrogen and oxygen atoms in total. The summed E-state index contributed by atoms with van der Waals surface area (Å²) in [5.41, 5.74) is 1.34. The predicted molar refractivity (Wildman–Crippen MR) is 119 cm³/mol. The molecule has 6 aromatic carbocycles. The highest BCUT2D eigenvalue weighted by atomic mass is 14.1. The molecule has 0 spiro atoms. The molecule has 0 radical (unpaired) electrons. The van der Waals surface area contributed by atoms with Gasteiger partial charge in [-0.3, -0.25) is 0 Å². The van der Waals surface area contributed by atoms with Gasteiger partial charge in [-0.05, 0) is 66.3 Å². The van der Waals surface area contributed by atoms with E-state index in [-0.39, 0.29) is 0 Å². The molecule has 0 saturated carbocycles. The van der Waals surface area contributed by atoms with Crippen LogP contribution in [-0.4, -0.2) is 0 Å². The molecule has 126 valence electrons. The Morgan fingerprint density at radius 3 is 1.89 bits per heavy atom. The third kappa shape index (κ3) is 1.98. The molecule has 0 aliphatic heterocycles. The molecule has 0 aliphatic carbocycles. The van der Waals surface area contributed by atoms with Crippen LogP contribution in [0.5, 0.6) is 0 Å². The topological polar surface area (TPSA) is 0 Å². The average molecular weight is 342 g/mol. The second kappa shape index (κ2) is 5.31. The van der Waals surface area contributed by atoms with Gasteiger partial charge in [0.2, 0.25) is 0 Å². The van der Waals surface area contributed by atoms with Crippen LogP contribution in [0.3, 0.4) is 0 Å². The normalized spacial score (nSPS) is 11.9. The van der Waals surface area contributed by atoms with E-state index in [1.807, 2.05) is 0 Å². The van der Waals surface area contributed by atoms with Crippen molar-refractivity contribution in [3.63, 3.8) is 0 Å². The van der Waals surface area contributed by atoms with Crippen LogP contribution in [0.2, 0.25) is 0 Å². The number of benzene rings is 6. The van der Waals surface area contributed by atoms with E-state index in [9.17, 15) is 0 Å². The van der Waals surface area contributed by atoms with Crippen molar-refractivity contribution in [2.75, 3.05) is 0 Å². The molecular weight excluding hydrogens is 324 g/mol. The Morgan fingerprint density at radius 2 is 1.04 bits per heavy atom. The lowest BCUT2D eigenvalue weighted by atomic mass is 9.90. The van der Waals surface area contributed by atoms with Gasteiger partial charge in [0.15, 0.2) is 0 Å². The molecule has 0 N–H and O–H groups in total. The van der Waals surface area contributed by atoms with Crippen LogP contribution in [0.25, 0.3) is 53.9 Å². The van der Waals surface area contributed by atoms with E-state index in [4.69, 9.17) is 0 Å². The Balaban J connectivity index is 1.98. The summed E-state index contributed by atoms with van der Waals surface area (Å²) < 4.78 is 0. The zero-order valence-corrected chi connectivity index (χ0v) is 15.2. The Bertz CT molecular complexity index is 1520. The third-order valence-electron chi connectivity index (χ3n) is 5.93. The van der Waals surface area contributed by atoms with E-state index in [0.29, 0.717) is 0 Å². The zero-order valence-electron chi connectivity index (χ0n) is 15.2. The van der Waals surface area contributed by atoms with Crippen molar-refractivity contribution in [3.05, 3.63) is 96.6 Å². The number of hydrogen-bond acceptors (Lipinski definition) is 0. The van der Waals surface area contributed by atoms with Crippen molar-refractivity contribution in [3.8, 4) is 0 Å². The number of fused-ring (bicyclic) bond motifs is 9. The molecule has 0 saturated heterocycles. The predicted octanol–water partition coefficient (Wildman–Crippen LogP) is 7.76. The van der Waals surface area contributed by atoms with Crippen LogP contribution in [0.1, 0.15) is 5.56 Å². The van der Waals surface area contributed by atoms with E-state index in [2.05, 4.69) is 97.9 Å². The first-order valence-electron chi connectivity index (χ1n) is 9.46. The van der Waals surface area contributed by atoms with Crippen LogP contribution in [0.15, 0.2) is 91.0 Å². The van der Waals surface area contributed by atoms with Gasteiger partial charge in [0.05, 0.1) is 0 Å². The van der Waals surface area contributed by atoms with E-state index in [1.54, 1.807) is 0 Å². The fourth-order valence-electron chi connectivity index (χ4n) is 4.68. The Hall–Kier alpha value is -3.38. The van der Waals surface area contributed by atoms with Gasteiger partial charge in [0.1, 0.15) is 0 Å². The van der Waals surface area contributed by atoms with Gasteiger partial charge >= 0.3 is 0 Å². The second-order valence-electron chi connectivity index (χ2n) is 7.45. The summed E-state index contributed by atoms with van der Waals surface area (Å²) in [7, 11) is 0. The molecule has 0 aliphatic rings. The Kier molecular flexibility index (Phi) is 2.90. The van der Waals surface area contributed by atoms with Crippen molar-refractivity contribution < 1.29 is 0 Å². The smallest absolute Gasteiger partial charge is 0.00179 e. The van der Waals surface area contributed by atoms with Crippen molar-refractivity contribution in [2.45, 2.75) is 6.92 Å². The van der Waals surface area contributed by atoms with Gasteiger partial charge in [-0.15, -0.1) is 0 Å². The van der Waals surface area contributed by atoms with Gasteiger partial charge in [-0.25, -0.2) is 0 Å². The fraction of sp³-hybridized carbons (Fsp3) is 0.0370. The van der Waals surface area contributed by atoms with Gasteiger partial charge < -0.3 is 0 Å². The maximum absolute atomic E-state index is 2.31. The van der Waals surface area contributed by atoms with Gasteiger partial charge in [0, 0.05) is 0 Å². The van der Waals surface area contributed by atoms with E-state index in [0.717, 1.165) is 0 Å². The minimum Gasteiger partial charge on any atom is -0.0616 e. The molecule has 0 fully saturated rings. The molecule has 0 heterocycles. The highest BCUT2D eigenvalue weighted by molar-refractivity contribution is 6.30. The van der Waals surface area contributed by atoms with E-state index >= 15 is 0 Å². The van der Waals surface area contributed by atoms with Crippen LogP contribution >= 0.6 is 0 Å². The third-order valence-corrected chi connectivity index (χ3v) is 5.93. The lowest BCUT2D eigenvalue weighted by Gasteiger charge is -2.14. The van der Waals surface area contributed by atoms with Crippen molar-refractivity contribution >= 4 is 53.9 Å². The van der Waals surface area contributed by atoms with Crippen LogP contribution in [0, 0.1) is 6.92 Å². The molecule has 0 unspecified atom stereocenters. The highest BCUT2D eigenvalue weighted by Crippen LogP contribution is 2.39. The molecule has 0 heteroatoms. The van der Waals surface area contributed by atoms with Crippen molar-refractivity contribution in [2.24, 2.45) is 0 Å². The fourth-order valence-corrected chi connectivity index (χ4v) is 4.68. The lowest BCUT2D eigenvalue weighted by molar-refractivity contribution is 1.56. The Labute approximate surface area is 157 Å². The Morgan fingerprint density at radius 1 is 0.407 bits per heavy atom. The summed E-state index contributed by atoms with van der Waals surface area (Å²) in [4.78, 5) is 0. The van der Waals surface area contributed by atoms with Crippen LogP contribution in [0.4, 0.5) is 0 Å². The lowest BCUT2D eigenvalue weighted by Crippen LogP contribution is -1.87. The maximum Gasteiger partial charge on any atom is -0.00179 e. The summed E-state index contributed by atoms with van der Waals surface area (Å²) in [5, 5.41) is 13.3. The van der Waals surface area contributed by atoms with E-state index < -0.39 is 0 Å². The monoisotopic (exact) mass is 342 g/mol. The van der Waals surface area contributed by atoms with Crippen LogP contribution in [-0.2, 0) is 0 Å². The average Bonchev–Trinajstić information content (AvgIpc) is 2.72. The molecule has 27 heavy (non-hydrogen) atoms. The van der Waals surface area contributed by atoms with Crippen molar-refractivity contribution in [1.29, 1.82) is 0 Å². The number of hydrogen-bond donors (Lipinski definition) is 0. The van der Waals surface area contributed by atoms with E-state index in [1.165, 1.54) is 59.4 Å². The molecule has 0 aromatic heterocycles. The molecular formula is C27H18. The first kappa shape index (κ1) is 14.8. The maximum atomic E-state index is 2.31. The molecule has 0 bridgehead atoms. The van der Waals surface area contributed by atoms with Crippen LogP contribution < -0.4 is 0 Å². The van der Waals surface area contributed by atoms with Gasteiger partial charge in [-0.2, -0.15) is 0 Å². The van der Waals surface area contributed by atoms with Crippen molar-refractivity contribution in [1.82, 2.24) is 0 Å². The van der Waals surface area contributed by atoms with Gasteiger partial charge in [0.25, 0.3) is 0 Å². The summed E-state index contributed by atoms with van der Waals surface area (Å²) >= 11 is 0. The number of rotatable bonds is 0. The summed E-state index contributed by atoms with van der Waals surface area (Å²) in [6, 6.07) is 33.4.